The number of aromatic nitrogens is 3. The molecular weight excluding hydrogens is 236 g/mol. The number of hydrogen-bond donors (Lipinski definition) is 1. The van der Waals surface area contributed by atoms with E-state index in [0.29, 0.717) is 11.6 Å². The van der Waals surface area contributed by atoms with Crippen molar-refractivity contribution in [3.05, 3.63) is 0 Å². The number of rotatable bonds is 7. The van der Waals surface area contributed by atoms with Gasteiger partial charge in [-0.15, -0.1) is 5.10 Å². The van der Waals surface area contributed by atoms with E-state index in [9.17, 15) is 4.79 Å². The summed E-state index contributed by atoms with van der Waals surface area (Å²) in [4.78, 5) is 15.8. The molecule has 0 atom stereocenters. The Morgan fingerprint density at radius 1 is 1.35 bits per heavy atom. The predicted octanol–water partition coefficient (Wildman–Crippen LogP) is 2.58. The third-order valence-corrected chi connectivity index (χ3v) is 3.06. The van der Waals surface area contributed by atoms with Crippen LogP contribution in [-0.2, 0) is 0 Å². The maximum atomic E-state index is 11.8. The maximum absolute atomic E-state index is 11.8. The Kier molecular flexibility index (Phi) is 6.04. The Morgan fingerprint density at radius 2 is 2.06 bits per heavy atom. The van der Waals surface area contributed by atoms with E-state index in [1.54, 1.807) is 0 Å². The number of hydrogen-bond acceptors (Lipinski definition) is 5. The van der Waals surface area contributed by atoms with Gasteiger partial charge in [0, 0.05) is 6.42 Å². The van der Waals surface area contributed by atoms with Crippen LogP contribution in [0.3, 0.4) is 0 Å². The fourth-order valence-electron chi connectivity index (χ4n) is 1.56. The number of unbranched alkanes of at least 4 members (excludes halogenated alkanes) is 4. The van der Waals surface area contributed by atoms with Crippen molar-refractivity contribution in [2.24, 2.45) is 0 Å². The summed E-state index contributed by atoms with van der Waals surface area (Å²) in [6.07, 6.45) is 7.96. The molecular formula is C11H20N4OS. The first-order valence-corrected chi connectivity index (χ1v) is 7.21. The quantitative estimate of drug-likeness (QED) is 0.599. The molecule has 1 rings (SSSR count). The molecule has 6 heteroatoms. The van der Waals surface area contributed by atoms with Crippen molar-refractivity contribution in [2.75, 3.05) is 12.0 Å². The van der Waals surface area contributed by atoms with Gasteiger partial charge in [-0.05, 0) is 12.7 Å². The van der Waals surface area contributed by atoms with Gasteiger partial charge in [0.15, 0.2) is 0 Å². The molecule has 0 aliphatic rings. The third-order valence-electron chi connectivity index (χ3n) is 2.53. The van der Waals surface area contributed by atoms with Gasteiger partial charge in [-0.25, -0.2) is 0 Å². The molecule has 2 N–H and O–H groups in total. The Morgan fingerprint density at radius 3 is 2.65 bits per heavy atom. The van der Waals surface area contributed by atoms with Crippen LogP contribution in [-0.4, -0.2) is 26.9 Å². The molecule has 1 aromatic heterocycles. The van der Waals surface area contributed by atoms with Gasteiger partial charge in [-0.2, -0.15) is 9.67 Å². The molecule has 1 aromatic rings. The molecule has 0 bridgehead atoms. The average molecular weight is 256 g/mol. The zero-order valence-electron chi connectivity index (χ0n) is 10.5. The number of nitrogen functional groups attached to an aromatic ring is 1. The molecule has 1 heterocycles. The Hall–Kier alpha value is -1.04. The summed E-state index contributed by atoms with van der Waals surface area (Å²) in [6, 6.07) is 0. The number of carbonyl (C=O) groups excluding carboxylic acids is 1. The van der Waals surface area contributed by atoms with Crippen LogP contribution < -0.4 is 5.73 Å². The topological polar surface area (TPSA) is 73.8 Å². The van der Waals surface area contributed by atoms with Crippen LogP contribution in [0.15, 0.2) is 5.16 Å². The van der Waals surface area contributed by atoms with Crippen LogP contribution in [0, 0.1) is 0 Å². The van der Waals surface area contributed by atoms with Crippen molar-refractivity contribution >= 4 is 23.6 Å². The van der Waals surface area contributed by atoms with E-state index < -0.39 is 0 Å². The molecule has 0 fully saturated rings. The van der Waals surface area contributed by atoms with Gasteiger partial charge >= 0.3 is 0 Å². The van der Waals surface area contributed by atoms with Crippen molar-refractivity contribution in [3.8, 4) is 0 Å². The van der Waals surface area contributed by atoms with E-state index in [2.05, 4.69) is 17.0 Å². The number of carbonyl (C=O) groups is 1. The minimum atomic E-state index is -0.0631. The van der Waals surface area contributed by atoms with Crippen LogP contribution in [0.1, 0.15) is 50.2 Å². The van der Waals surface area contributed by atoms with Gasteiger partial charge in [0.1, 0.15) is 0 Å². The van der Waals surface area contributed by atoms with Crippen molar-refractivity contribution in [3.63, 3.8) is 0 Å². The van der Waals surface area contributed by atoms with Gasteiger partial charge in [-0.3, -0.25) is 4.79 Å². The van der Waals surface area contributed by atoms with Gasteiger partial charge in [-0.1, -0.05) is 44.4 Å². The smallest absolute Gasteiger partial charge is 0.250 e. The third kappa shape index (κ3) is 4.38. The van der Waals surface area contributed by atoms with E-state index in [4.69, 9.17) is 5.73 Å². The SMILES string of the molecule is CCCCCCCC(=O)n1nc(SC)nc1N. The summed E-state index contributed by atoms with van der Waals surface area (Å²) in [6.45, 7) is 2.17. The number of nitrogens with zero attached hydrogens (tertiary/aromatic N) is 3. The van der Waals surface area contributed by atoms with Crippen molar-refractivity contribution < 1.29 is 4.79 Å². The van der Waals surface area contributed by atoms with E-state index in [1.165, 1.54) is 35.7 Å². The molecule has 96 valence electrons. The van der Waals surface area contributed by atoms with Crippen molar-refractivity contribution in [1.29, 1.82) is 0 Å². The van der Waals surface area contributed by atoms with Crippen LogP contribution >= 0.6 is 11.8 Å². The molecule has 0 unspecified atom stereocenters. The van der Waals surface area contributed by atoms with Crippen LogP contribution in [0.2, 0.25) is 0 Å². The first-order chi connectivity index (χ1) is 8.19. The largest absolute Gasteiger partial charge is 0.368 e. The molecule has 17 heavy (non-hydrogen) atoms. The fourth-order valence-corrected chi connectivity index (χ4v) is 1.91. The molecule has 0 aliphatic carbocycles. The van der Waals surface area contributed by atoms with Crippen LogP contribution in [0.5, 0.6) is 0 Å². The predicted molar refractivity (Wildman–Crippen MR) is 70.2 cm³/mol. The average Bonchev–Trinajstić information content (AvgIpc) is 2.70. The minimum Gasteiger partial charge on any atom is -0.368 e. The molecule has 0 aliphatic heterocycles. The molecule has 5 nitrogen and oxygen atoms in total. The van der Waals surface area contributed by atoms with Gasteiger partial charge in [0.05, 0.1) is 0 Å². The highest BCUT2D eigenvalue weighted by Crippen LogP contribution is 2.12. The van der Waals surface area contributed by atoms with Gasteiger partial charge < -0.3 is 5.73 Å². The summed E-state index contributed by atoms with van der Waals surface area (Å²) in [5.41, 5.74) is 5.62. The fraction of sp³-hybridized carbons (Fsp3) is 0.727. The van der Waals surface area contributed by atoms with Gasteiger partial charge in [0.2, 0.25) is 17.0 Å². The Balaban J connectivity index is 2.38. The monoisotopic (exact) mass is 256 g/mol. The summed E-state index contributed by atoms with van der Waals surface area (Å²) in [7, 11) is 0. The van der Waals surface area contributed by atoms with E-state index in [0.717, 1.165) is 12.8 Å². The molecule has 0 radical (unpaired) electrons. The zero-order valence-corrected chi connectivity index (χ0v) is 11.3. The molecule has 0 spiro atoms. The molecule has 0 aromatic carbocycles. The van der Waals surface area contributed by atoms with Crippen LogP contribution in [0.25, 0.3) is 0 Å². The summed E-state index contributed by atoms with van der Waals surface area (Å²) < 4.78 is 1.21. The Bertz CT molecular complexity index is 364. The molecule has 0 saturated heterocycles. The number of anilines is 1. The second kappa shape index (κ2) is 7.32. The van der Waals surface area contributed by atoms with E-state index >= 15 is 0 Å². The second-order valence-electron chi connectivity index (χ2n) is 3.93. The summed E-state index contributed by atoms with van der Waals surface area (Å²) >= 11 is 1.38. The van der Waals surface area contributed by atoms with Crippen molar-refractivity contribution in [1.82, 2.24) is 14.8 Å². The molecule has 0 amide bonds. The normalized spacial score (nSPS) is 10.7. The lowest BCUT2D eigenvalue weighted by atomic mass is 10.1. The van der Waals surface area contributed by atoms with Crippen molar-refractivity contribution in [2.45, 2.75) is 50.6 Å². The summed E-state index contributed by atoms with van der Waals surface area (Å²) in [5, 5.41) is 4.58. The van der Waals surface area contributed by atoms with Gasteiger partial charge in [0.25, 0.3) is 0 Å². The number of nitrogens with two attached hydrogens (primary N) is 1. The summed E-state index contributed by atoms with van der Waals surface area (Å²) in [5.74, 6) is 0.125. The lowest BCUT2D eigenvalue weighted by molar-refractivity contribution is 0.0884. The first-order valence-electron chi connectivity index (χ1n) is 5.98. The van der Waals surface area contributed by atoms with E-state index in [-0.39, 0.29) is 11.9 Å². The standard InChI is InChI=1S/C11H20N4OS/c1-3-4-5-6-7-8-9(16)15-10(12)13-11(14-15)17-2/h3-8H2,1-2H3,(H2,12,13,14). The van der Waals surface area contributed by atoms with E-state index in [1.807, 2.05) is 6.26 Å². The Labute approximate surface area is 106 Å². The maximum Gasteiger partial charge on any atom is 0.250 e. The lowest BCUT2D eigenvalue weighted by Crippen LogP contribution is -2.15. The molecule has 0 saturated carbocycles. The minimum absolute atomic E-state index is 0.0631. The lowest BCUT2D eigenvalue weighted by Gasteiger charge is -2.01. The first kappa shape index (κ1) is 14.0. The second-order valence-corrected chi connectivity index (χ2v) is 4.70. The van der Waals surface area contributed by atoms with Crippen LogP contribution in [0.4, 0.5) is 5.95 Å². The zero-order chi connectivity index (χ0) is 12.7. The highest BCUT2D eigenvalue weighted by atomic mass is 32.2. The number of thioether (sulfide) groups is 1. The highest BCUT2D eigenvalue weighted by molar-refractivity contribution is 7.98. The highest BCUT2D eigenvalue weighted by Gasteiger charge is 2.12.